The van der Waals surface area contributed by atoms with Crippen LogP contribution in [0.1, 0.15) is 38.4 Å². The molecule has 1 aromatic carbocycles. The molecular weight excluding hydrogens is 340 g/mol. The van der Waals surface area contributed by atoms with Crippen LogP contribution < -0.4 is 5.69 Å². The summed E-state index contributed by atoms with van der Waals surface area (Å²) in [6, 6.07) is 9.35. The Balaban J connectivity index is 2.00. The Hall–Kier alpha value is -1.93. The van der Waals surface area contributed by atoms with Gasteiger partial charge in [-0.25, -0.2) is 26.8 Å². The number of aryl methyl sites for hydroxylation is 1. The number of benzene rings is 1. The van der Waals surface area contributed by atoms with E-state index in [1.165, 1.54) is 4.68 Å². The summed E-state index contributed by atoms with van der Waals surface area (Å²) in [6.07, 6.45) is 1.57. The van der Waals surface area contributed by atoms with Crippen molar-refractivity contribution >= 4 is 10.0 Å². The average Bonchev–Trinajstić information content (AvgIpc) is 2.91. The summed E-state index contributed by atoms with van der Waals surface area (Å²) in [4.78, 5) is 12.6. The van der Waals surface area contributed by atoms with Gasteiger partial charge in [-0.2, -0.15) is 5.10 Å². The summed E-state index contributed by atoms with van der Waals surface area (Å²) >= 11 is 0. The number of piperidine rings is 1. The first kappa shape index (κ1) is 17.9. The minimum absolute atomic E-state index is 0.101. The van der Waals surface area contributed by atoms with Crippen LogP contribution in [-0.4, -0.2) is 45.4 Å². The van der Waals surface area contributed by atoms with Gasteiger partial charge in [0.15, 0.2) is 0 Å². The Morgan fingerprint density at radius 2 is 1.88 bits per heavy atom. The molecule has 7 nitrogen and oxygen atoms in total. The van der Waals surface area contributed by atoms with Gasteiger partial charge < -0.3 is 0 Å². The maximum Gasteiger partial charge on any atom is 0.350 e. The number of aromatic nitrogens is 3. The predicted molar refractivity (Wildman–Crippen MR) is 96.4 cm³/mol. The summed E-state index contributed by atoms with van der Waals surface area (Å²) in [6.45, 7) is 4.28. The summed E-state index contributed by atoms with van der Waals surface area (Å²) in [7, 11) is -1.69. The molecule has 3 rings (SSSR count). The molecule has 8 heteroatoms. The molecule has 0 N–H and O–H groups in total. The molecule has 1 aliphatic rings. The maximum absolute atomic E-state index is 12.6. The molecule has 1 aliphatic heterocycles. The minimum atomic E-state index is -3.31. The lowest BCUT2D eigenvalue weighted by molar-refractivity contribution is 0.305. The van der Waals surface area contributed by atoms with Crippen molar-refractivity contribution in [1.82, 2.24) is 18.7 Å². The molecule has 2 heterocycles. The number of nitrogens with zero attached hydrogens (tertiary/aromatic N) is 4. The molecule has 0 amide bonds. The van der Waals surface area contributed by atoms with Crippen LogP contribution in [0.2, 0.25) is 0 Å². The van der Waals surface area contributed by atoms with Gasteiger partial charge in [0.2, 0.25) is 10.0 Å². The fourth-order valence-electron chi connectivity index (χ4n) is 3.25. The summed E-state index contributed by atoms with van der Waals surface area (Å²) in [5.74, 6) is 0.527. The van der Waals surface area contributed by atoms with Gasteiger partial charge in [0.1, 0.15) is 5.82 Å². The molecule has 136 valence electrons. The number of para-hydroxylation sites is 1. The van der Waals surface area contributed by atoms with Crippen molar-refractivity contribution in [3.05, 3.63) is 46.6 Å². The highest BCUT2D eigenvalue weighted by molar-refractivity contribution is 7.89. The van der Waals surface area contributed by atoms with Crippen LogP contribution in [-0.2, 0) is 17.1 Å². The van der Waals surface area contributed by atoms with Gasteiger partial charge in [0.05, 0.1) is 10.9 Å². The minimum Gasteiger partial charge on any atom is -0.247 e. The third-order valence-corrected chi connectivity index (χ3v) is 6.91. The number of hydrogen-bond donors (Lipinski definition) is 0. The van der Waals surface area contributed by atoms with Gasteiger partial charge in [-0.05, 0) is 38.8 Å². The van der Waals surface area contributed by atoms with E-state index in [0.29, 0.717) is 18.9 Å². The van der Waals surface area contributed by atoms with Crippen molar-refractivity contribution < 1.29 is 8.42 Å². The Morgan fingerprint density at radius 1 is 1.20 bits per heavy atom. The van der Waals surface area contributed by atoms with Crippen molar-refractivity contribution in [3.8, 4) is 5.69 Å². The molecule has 0 radical (unpaired) electrons. The van der Waals surface area contributed by atoms with E-state index >= 15 is 0 Å². The highest BCUT2D eigenvalue weighted by Crippen LogP contribution is 2.28. The first-order valence-electron chi connectivity index (χ1n) is 8.52. The standard InChI is InChI=1S/C17H24N4O3S/c1-13(2)25(23,24)20-11-7-8-14(12-20)16-18-19(3)17(22)21(16)15-9-5-4-6-10-15/h4-6,9-10,13-14H,7-8,11-12H2,1-3H3. The van der Waals surface area contributed by atoms with Crippen LogP contribution in [0.25, 0.3) is 5.69 Å². The monoisotopic (exact) mass is 364 g/mol. The lowest BCUT2D eigenvalue weighted by Gasteiger charge is -2.32. The third-order valence-electron chi connectivity index (χ3n) is 4.67. The first-order chi connectivity index (χ1) is 11.8. The van der Waals surface area contributed by atoms with E-state index < -0.39 is 15.3 Å². The van der Waals surface area contributed by atoms with Crippen molar-refractivity contribution in [2.75, 3.05) is 13.1 Å². The fourth-order valence-corrected chi connectivity index (χ4v) is 4.62. The van der Waals surface area contributed by atoms with Crippen LogP contribution in [0.3, 0.4) is 0 Å². The average molecular weight is 364 g/mol. The van der Waals surface area contributed by atoms with Crippen molar-refractivity contribution in [1.29, 1.82) is 0 Å². The normalized spacial score (nSPS) is 19.4. The molecule has 0 spiro atoms. The first-order valence-corrected chi connectivity index (χ1v) is 10.0. The second kappa shape index (κ2) is 6.76. The van der Waals surface area contributed by atoms with E-state index in [1.54, 1.807) is 29.8 Å². The molecular formula is C17H24N4O3S. The van der Waals surface area contributed by atoms with E-state index in [0.717, 1.165) is 18.5 Å². The highest BCUT2D eigenvalue weighted by Gasteiger charge is 2.34. The highest BCUT2D eigenvalue weighted by atomic mass is 32.2. The van der Waals surface area contributed by atoms with Gasteiger partial charge >= 0.3 is 5.69 Å². The fraction of sp³-hybridized carbons (Fsp3) is 0.529. The second-order valence-corrected chi connectivity index (χ2v) is 9.22. The summed E-state index contributed by atoms with van der Waals surface area (Å²) in [5.41, 5.74) is 0.532. The van der Waals surface area contributed by atoms with E-state index in [9.17, 15) is 13.2 Å². The van der Waals surface area contributed by atoms with E-state index in [-0.39, 0.29) is 11.6 Å². The van der Waals surface area contributed by atoms with Gasteiger partial charge in [0.25, 0.3) is 0 Å². The molecule has 1 unspecified atom stereocenters. The summed E-state index contributed by atoms with van der Waals surface area (Å²) < 4.78 is 29.5. The van der Waals surface area contributed by atoms with E-state index in [4.69, 9.17) is 0 Å². The second-order valence-electron chi connectivity index (χ2n) is 6.73. The van der Waals surface area contributed by atoms with Gasteiger partial charge in [0, 0.05) is 26.1 Å². The van der Waals surface area contributed by atoms with Crippen molar-refractivity contribution in [3.63, 3.8) is 0 Å². The Kier molecular flexibility index (Phi) is 4.83. The van der Waals surface area contributed by atoms with Gasteiger partial charge in [-0.1, -0.05) is 18.2 Å². The quantitative estimate of drug-likeness (QED) is 0.823. The molecule has 1 saturated heterocycles. The van der Waals surface area contributed by atoms with Crippen LogP contribution in [0, 0.1) is 0 Å². The lowest BCUT2D eigenvalue weighted by atomic mass is 9.98. The number of hydrogen-bond acceptors (Lipinski definition) is 4. The van der Waals surface area contributed by atoms with E-state index in [2.05, 4.69) is 5.10 Å². The van der Waals surface area contributed by atoms with Crippen molar-refractivity contribution in [2.24, 2.45) is 7.05 Å². The van der Waals surface area contributed by atoms with Gasteiger partial charge in [-0.3, -0.25) is 0 Å². The largest absolute Gasteiger partial charge is 0.350 e. The number of sulfonamides is 1. The molecule has 25 heavy (non-hydrogen) atoms. The number of rotatable bonds is 4. The van der Waals surface area contributed by atoms with Gasteiger partial charge in [-0.15, -0.1) is 0 Å². The molecule has 0 saturated carbocycles. The Labute approximate surface area is 147 Å². The zero-order valence-electron chi connectivity index (χ0n) is 14.8. The molecule has 0 bridgehead atoms. The Morgan fingerprint density at radius 3 is 2.52 bits per heavy atom. The smallest absolute Gasteiger partial charge is 0.247 e. The molecule has 1 fully saturated rings. The van der Waals surface area contributed by atoms with Crippen LogP contribution in [0.15, 0.2) is 35.1 Å². The van der Waals surface area contributed by atoms with Crippen molar-refractivity contribution in [2.45, 2.75) is 37.9 Å². The van der Waals surface area contributed by atoms with Crippen LogP contribution >= 0.6 is 0 Å². The molecule has 1 aromatic heterocycles. The summed E-state index contributed by atoms with van der Waals surface area (Å²) in [5, 5.41) is 3.96. The topological polar surface area (TPSA) is 77.2 Å². The lowest BCUT2D eigenvalue weighted by Crippen LogP contribution is -2.43. The molecule has 1 atom stereocenters. The third kappa shape index (κ3) is 3.28. The van der Waals surface area contributed by atoms with E-state index in [1.807, 2.05) is 30.3 Å². The molecule has 2 aromatic rings. The zero-order valence-corrected chi connectivity index (χ0v) is 15.6. The maximum atomic E-state index is 12.6. The van der Waals surface area contributed by atoms with Crippen LogP contribution in [0.4, 0.5) is 0 Å². The zero-order chi connectivity index (χ0) is 18.2. The molecule has 0 aliphatic carbocycles. The Bertz CT molecular complexity index is 900. The predicted octanol–water partition coefficient (Wildman–Crippen LogP) is 1.49. The SMILES string of the molecule is CC(C)S(=O)(=O)N1CCCC(c2nn(C)c(=O)n2-c2ccccc2)C1. The van der Waals surface area contributed by atoms with Crippen LogP contribution in [0.5, 0.6) is 0 Å².